The Labute approximate surface area is 138 Å². The molecule has 2 rings (SSSR count). The van der Waals surface area contributed by atoms with Crippen LogP contribution in [0.15, 0.2) is 24.3 Å². The van der Waals surface area contributed by atoms with Gasteiger partial charge >= 0.3 is 5.97 Å². The summed E-state index contributed by atoms with van der Waals surface area (Å²) >= 11 is 2.13. The number of amides is 1. The maximum absolute atomic E-state index is 11.8. The predicted octanol–water partition coefficient (Wildman–Crippen LogP) is 3.29. The minimum Gasteiger partial charge on any atom is -0.452 e. The zero-order chi connectivity index (χ0) is 15.1. The van der Waals surface area contributed by atoms with E-state index in [4.69, 9.17) is 4.74 Å². The number of hydrogen-bond donors (Lipinski definition) is 1. The van der Waals surface area contributed by atoms with Gasteiger partial charge < -0.3 is 10.1 Å². The minimum absolute atomic E-state index is 0.208. The molecule has 1 aliphatic carbocycles. The third-order valence-corrected chi connectivity index (χ3v) is 4.29. The van der Waals surface area contributed by atoms with Crippen LogP contribution in [0.4, 0.5) is 0 Å². The first-order valence-corrected chi connectivity index (χ1v) is 8.45. The van der Waals surface area contributed by atoms with Gasteiger partial charge in [0.2, 0.25) is 0 Å². The molecule has 0 bridgehead atoms. The van der Waals surface area contributed by atoms with Crippen LogP contribution in [0.5, 0.6) is 0 Å². The van der Waals surface area contributed by atoms with E-state index in [1.807, 2.05) is 6.07 Å². The van der Waals surface area contributed by atoms with E-state index in [1.165, 1.54) is 12.8 Å². The topological polar surface area (TPSA) is 55.4 Å². The Balaban J connectivity index is 1.76. The summed E-state index contributed by atoms with van der Waals surface area (Å²) in [6, 6.07) is 7.36. The zero-order valence-corrected chi connectivity index (χ0v) is 14.1. The van der Waals surface area contributed by atoms with Crippen molar-refractivity contribution < 1.29 is 14.3 Å². The van der Waals surface area contributed by atoms with Gasteiger partial charge in [-0.25, -0.2) is 4.79 Å². The van der Waals surface area contributed by atoms with Crippen LogP contribution in [0.2, 0.25) is 0 Å². The van der Waals surface area contributed by atoms with Crippen molar-refractivity contribution in [3.8, 4) is 0 Å². The fraction of sp³-hybridized carbons (Fsp3) is 0.500. The summed E-state index contributed by atoms with van der Waals surface area (Å²) in [5, 5.41) is 2.96. The normalized spacial score (nSPS) is 16.0. The van der Waals surface area contributed by atoms with Gasteiger partial charge in [-0.05, 0) is 53.6 Å². The molecular weight excluding hydrogens is 381 g/mol. The fourth-order valence-corrected chi connectivity index (χ4v) is 3.07. The Kier molecular flexibility index (Phi) is 6.48. The Hall–Kier alpha value is -1.11. The average molecular weight is 401 g/mol. The van der Waals surface area contributed by atoms with E-state index in [-0.39, 0.29) is 18.6 Å². The van der Waals surface area contributed by atoms with Crippen molar-refractivity contribution in [1.29, 1.82) is 0 Å². The zero-order valence-electron chi connectivity index (χ0n) is 11.9. The summed E-state index contributed by atoms with van der Waals surface area (Å²) < 4.78 is 6.03. The Bertz CT molecular complexity index is 496. The van der Waals surface area contributed by atoms with Crippen LogP contribution < -0.4 is 5.32 Å². The van der Waals surface area contributed by atoms with E-state index in [0.29, 0.717) is 5.56 Å². The minimum atomic E-state index is -0.454. The molecule has 0 aromatic heterocycles. The second kappa shape index (κ2) is 8.36. The predicted molar refractivity (Wildman–Crippen MR) is 89.1 cm³/mol. The molecule has 1 saturated carbocycles. The van der Waals surface area contributed by atoms with Gasteiger partial charge in [-0.2, -0.15) is 0 Å². The Morgan fingerprint density at radius 3 is 2.57 bits per heavy atom. The highest BCUT2D eigenvalue weighted by atomic mass is 127. The first-order valence-electron chi connectivity index (χ1n) is 7.37. The van der Waals surface area contributed by atoms with Crippen LogP contribution in [-0.2, 0) is 9.53 Å². The fourth-order valence-electron chi connectivity index (χ4n) is 2.52. The van der Waals surface area contributed by atoms with Gasteiger partial charge in [-0.1, -0.05) is 31.7 Å². The van der Waals surface area contributed by atoms with E-state index in [2.05, 4.69) is 27.9 Å². The van der Waals surface area contributed by atoms with Crippen molar-refractivity contribution in [3.63, 3.8) is 0 Å². The molecule has 1 N–H and O–H groups in total. The smallest absolute Gasteiger partial charge is 0.338 e. The lowest BCUT2D eigenvalue weighted by molar-refractivity contribution is -0.125. The van der Waals surface area contributed by atoms with E-state index in [1.54, 1.807) is 18.2 Å². The SMILES string of the molecule is O=C(COC(=O)c1cccc(I)c1)NC1CCCCCC1. The van der Waals surface area contributed by atoms with Gasteiger partial charge in [0.1, 0.15) is 0 Å². The summed E-state index contributed by atoms with van der Waals surface area (Å²) in [4.78, 5) is 23.7. The van der Waals surface area contributed by atoms with Gasteiger partial charge in [-0.15, -0.1) is 0 Å². The molecule has 0 spiro atoms. The number of benzene rings is 1. The largest absolute Gasteiger partial charge is 0.452 e. The lowest BCUT2D eigenvalue weighted by Gasteiger charge is -2.16. The lowest BCUT2D eigenvalue weighted by Crippen LogP contribution is -2.37. The molecule has 1 fully saturated rings. The van der Waals surface area contributed by atoms with Crippen molar-refractivity contribution in [2.75, 3.05) is 6.61 Å². The number of carbonyl (C=O) groups is 2. The Morgan fingerprint density at radius 1 is 1.19 bits per heavy atom. The molecule has 0 aliphatic heterocycles. The number of rotatable bonds is 4. The van der Waals surface area contributed by atoms with Crippen LogP contribution in [0.3, 0.4) is 0 Å². The number of ether oxygens (including phenoxy) is 1. The molecule has 21 heavy (non-hydrogen) atoms. The van der Waals surface area contributed by atoms with E-state index < -0.39 is 5.97 Å². The third-order valence-electron chi connectivity index (χ3n) is 3.61. The summed E-state index contributed by atoms with van der Waals surface area (Å²) in [6.07, 6.45) is 6.86. The molecule has 1 amide bonds. The van der Waals surface area contributed by atoms with Crippen LogP contribution in [-0.4, -0.2) is 24.5 Å². The summed E-state index contributed by atoms with van der Waals surface area (Å²) in [5.41, 5.74) is 0.476. The monoisotopic (exact) mass is 401 g/mol. The van der Waals surface area contributed by atoms with Crippen molar-refractivity contribution in [3.05, 3.63) is 33.4 Å². The van der Waals surface area contributed by atoms with Gasteiger partial charge in [0.05, 0.1) is 5.56 Å². The first kappa shape index (κ1) is 16.3. The van der Waals surface area contributed by atoms with Gasteiger partial charge in [0.25, 0.3) is 5.91 Å². The number of esters is 1. The standard InChI is InChI=1S/C16H20INO3/c17-13-7-5-6-12(10-13)16(20)21-11-15(19)18-14-8-3-1-2-4-9-14/h5-7,10,14H,1-4,8-9,11H2,(H,18,19). The average Bonchev–Trinajstić information content (AvgIpc) is 2.73. The molecule has 0 atom stereocenters. The molecule has 4 nitrogen and oxygen atoms in total. The second-order valence-electron chi connectivity index (χ2n) is 5.34. The van der Waals surface area contributed by atoms with Gasteiger partial charge in [0, 0.05) is 9.61 Å². The van der Waals surface area contributed by atoms with E-state index in [0.717, 1.165) is 29.3 Å². The molecule has 1 aromatic rings. The first-order chi connectivity index (χ1) is 10.1. The number of carbonyl (C=O) groups excluding carboxylic acids is 2. The summed E-state index contributed by atoms with van der Waals surface area (Å²) in [6.45, 7) is -0.208. The molecule has 0 heterocycles. The molecule has 1 aliphatic rings. The van der Waals surface area contributed by atoms with Crippen molar-refractivity contribution in [2.45, 2.75) is 44.6 Å². The highest BCUT2D eigenvalue weighted by Gasteiger charge is 2.16. The van der Waals surface area contributed by atoms with Gasteiger partial charge in [0.15, 0.2) is 6.61 Å². The van der Waals surface area contributed by atoms with Gasteiger partial charge in [-0.3, -0.25) is 4.79 Å². The number of halogens is 1. The summed E-state index contributed by atoms with van der Waals surface area (Å²) in [5.74, 6) is -0.662. The molecule has 0 radical (unpaired) electrons. The summed E-state index contributed by atoms with van der Waals surface area (Å²) in [7, 11) is 0. The van der Waals surface area contributed by atoms with E-state index in [9.17, 15) is 9.59 Å². The van der Waals surface area contributed by atoms with Crippen LogP contribution in [0.1, 0.15) is 48.9 Å². The van der Waals surface area contributed by atoms with Crippen molar-refractivity contribution in [2.24, 2.45) is 0 Å². The van der Waals surface area contributed by atoms with Crippen LogP contribution in [0, 0.1) is 3.57 Å². The quantitative estimate of drug-likeness (QED) is 0.479. The molecule has 0 unspecified atom stereocenters. The number of nitrogens with one attached hydrogen (secondary N) is 1. The van der Waals surface area contributed by atoms with Crippen LogP contribution >= 0.6 is 22.6 Å². The van der Waals surface area contributed by atoms with E-state index >= 15 is 0 Å². The molecule has 0 saturated heterocycles. The third kappa shape index (κ3) is 5.65. The molecule has 1 aromatic carbocycles. The maximum atomic E-state index is 11.8. The second-order valence-corrected chi connectivity index (χ2v) is 6.59. The maximum Gasteiger partial charge on any atom is 0.338 e. The molecule has 5 heteroatoms. The molecule has 114 valence electrons. The van der Waals surface area contributed by atoms with Crippen molar-refractivity contribution in [1.82, 2.24) is 5.32 Å². The highest BCUT2D eigenvalue weighted by molar-refractivity contribution is 14.1. The Morgan fingerprint density at radius 2 is 1.90 bits per heavy atom. The lowest BCUT2D eigenvalue weighted by atomic mass is 10.1. The van der Waals surface area contributed by atoms with Crippen LogP contribution in [0.25, 0.3) is 0 Å². The van der Waals surface area contributed by atoms with Crippen molar-refractivity contribution >= 4 is 34.5 Å². The highest BCUT2D eigenvalue weighted by Crippen LogP contribution is 2.17. The number of hydrogen-bond acceptors (Lipinski definition) is 3. The molecular formula is C16H20INO3.